The van der Waals surface area contributed by atoms with Gasteiger partial charge in [0.05, 0.1) is 23.7 Å². The molecule has 10 heteroatoms. The number of alkyl halides is 3. The molecule has 22 heavy (non-hydrogen) atoms. The summed E-state index contributed by atoms with van der Waals surface area (Å²) < 4.78 is 40.5. The van der Waals surface area contributed by atoms with Crippen LogP contribution < -0.4 is 0 Å². The van der Waals surface area contributed by atoms with E-state index in [9.17, 15) is 23.1 Å². The molecule has 6 nitrogen and oxygen atoms in total. The minimum atomic E-state index is -5.00. The van der Waals surface area contributed by atoms with Gasteiger partial charge in [-0.15, -0.1) is 0 Å². The van der Waals surface area contributed by atoms with Gasteiger partial charge in [0.15, 0.2) is 0 Å². The summed E-state index contributed by atoms with van der Waals surface area (Å²) in [7, 11) is 0. The minimum Gasteiger partial charge on any atom is -0.362 e. The van der Waals surface area contributed by atoms with Crippen LogP contribution in [-0.4, -0.2) is 43.4 Å². The first kappa shape index (κ1) is 16.8. The smallest absolute Gasteiger partial charge is 0.362 e. The van der Waals surface area contributed by atoms with Crippen LogP contribution in [0.4, 0.5) is 13.2 Å². The largest absolute Gasteiger partial charge is 0.438 e. The number of aromatic nitrogens is 2. The molecule has 2 atom stereocenters. The Balaban J connectivity index is 2.19. The van der Waals surface area contributed by atoms with Gasteiger partial charge in [0.25, 0.3) is 5.72 Å². The Morgan fingerprint density at radius 2 is 2.23 bits per heavy atom. The van der Waals surface area contributed by atoms with Gasteiger partial charge in [-0.2, -0.15) is 28.4 Å². The van der Waals surface area contributed by atoms with Crippen LogP contribution in [0.15, 0.2) is 17.5 Å². The summed E-state index contributed by atoms with van der Waals surface area (Å²) in [5.41, 5.74) is -3.27. The Bertz CT molecular complexity index is 616. The van der Waals surface area contributed by atoms with E-state index in [1.54, 1.807) is 0 Å². The number of hydrogen-bond donors (Lipinski definition) is 1. The normalized spacial score (nSPS) is 23.6. The van der Waals surface area contributed by atoms with Gasteiger partial charge in [0.1, 0.15) is 0 Å². The summed E-state index contributed by atoms with van der Waals surface area (Å²) in [4.78, 5) is 12.2. The molecule has 0 spiro atoms. The highest BCUT2D eigenvalue weighted by Crippen LogP contribution is 2.40. The van der Waals surface area contributed by atoms with Crippen molar-refractivity contribution in [2.45, 2.75) is 38.7 Å². The monoisotopic (exact) mass is 338 g/mol. The average Bonchev–Trinajstić information content (AvgIpc) is 2.92. The Labute approximate surface area is 129 Å². The highest BCUT2D eigenvalue weighted by atomic mass is 35.5. The van der Waals surface area contributed by atoms with E-state index in [-0.39, 0.29) is 17.3 Å². The predicted molar refractivity (Wildman–Crippen MR) is 72.0 cm³/mol. The van der Waals surface area contributed by atoms with Crippen LogP contribution in [0.2, 0.25) is 5.02 Å². The molecule has 0 bridgehead atoms. The molecule has 122 valence electrons. The average molecular weight is 339 g/mol. The maximum absolute atomic E-state index is 13.1. The van der Waals surface area contributed by atoms with Crippen molar-refractivity contribution in [2.24, 2.45) is 11.0 Å². The third-order valence-corrected chi connectivity index (χ3v) is 3.47. The maximum atomic E-state index is 13.1. The molecule has 0 saturated carbocycles. The summed E-state index contributed by atoms with van der Waals surface area (Å²) in [6.07, 6.45) is -2.97. The first-order chi connectivity index (χ1) is 10.0. The van der Waals surface area contributed by atoms with Crippen molar-refractivity contribution in [3.05, 3.63) is 17.4 Å². The number of aliphatic hydroxyl groups is 1. The number of nitrogens with zero attached hydrogens (tertiary/aromatic N) is 4. The highest BCUT2D eigenvalue weighted by Gasteiger charge is 2.62. The Hall–Kier alpha value is -1.61. The molecule has 1 aliphatic rings. The van der Waals surface area contributed by atoms with E-state index < -0.39 is 30.1 Å². The lowest BCUT2D eigenvalue weighted by Crippen LogP contribution is -2.57. The van der Waals surface area contributed by atoms with Gasteiger partial charge in [0, 0.05) is 18.3 Å². The van der Waals surface area contributed by atoms with Crippen LogP contribution in [0.3, 0.4) is 0 Å². The van der Waals surface area contributed by atoms with Crippen LogP contribution in [0.1, 0.15) is 20.3 Å². The molecule has 0 aliphatic carbocycles. The van der Waals surface area contributed by atoms with Crippen LogP contribution >= 0.6 is 11.6 Å². The lowest BCUT2D eigenvalue weighted by Gasteiger charge is -2.33. The number of amides is 1. The lowest BCUT2D eigenvalue weighted by molar-refractivity contribution is -0.303. The van der Waals surface area contributed by atoms with E-state index in [2.05, 4.69) is 10.2 Å². The molecular weight excluding hydrogens is 325 g/mol. The second-order valence-electron chi connectivity index (χ2n) is 5.26. The molecule has 2 rings (SSSR count). The van der Waals surface area contributed by atoms with Gasteiger partial charge >= 0.3 is 6.18 Å². The molecule has 0 saturated heterocycles. The molecule has 0 fully saturated rings. The van der Waals surface area contributed by atoms with Crippen molar-refractivity contribution in [1.29, 1.82) is 0 Å². The Kier molecular flexibility index (Phi) is 4.22. The zero-order valence-corrected chi connectivity index (χ0v) is 12.6. The summed E-state index contributed by atoms with van der Waals surface area (Å²) in [5, 5.41) is 17.8. The van der Waals surface area contributed by atoms with Crippen LogP contribution in [-0.2, 0) is 11.3 Å². The van der Waals surface area contributed by atoms with Gasteiger partial charge < -0.3 is 5.11 Å². The molecule has 1 aliphatic heterocycles. The van der Waals surface area contributed by atoms with E-state index in [1.807, 2.05) is 0 Å². The second kappa shape index (κ2) is 5.54. The Morgan fingerprint density at radius 1 is 1.59 bits per heavy atom. The van der Waals surface area contributed by atoms with E-state index >= 15 is 0 Å². The van der Waals surface area contributed by atoms with Crippen molar-refractivity contribution in [1.82, 2.24) is 14.8 Å². The van der Waals surface area contributed by atoms with Gasteiger partial charge in [-0.25, -0.2) is 0 Å². The quantitative estimate of drug-likeness (QED) is 0.916. The van der Waals surface area contributed by atoms with E-state index in [0.29, 0.717) is 5.02 Å². The molecule has 0 radical (unpaired) electrons. The summed E-state index contributed by atoms with van der Waals surface area (Å²) in [6.45, 7) is 2.77. The van der Waals surface area contributed by atoms with Crippen molar-refractivity contribution in [3.8, 4) is 0 Å². The molecule has 0 unspecified atom stereocenters. The maximum Gasteiger partial charge on any atom is 0.438 e. The third kappa shape index (κ3) is 2.95. The summed E-state index contributed by atoms with van der Waals surface area (Å²) in [5.74, 6) is -1.82. The molecule has 0 aromatic carbocycles. The highest BCUT2D eigenvalue weighted by molar-refractivity contribution is 6.30. The van der Waals surface area contributed by atoms with E-state index in [4.69, 9.17) is 11.6 Å². The number of rotatable bonds is 3. The number of hydrogen-bond acceptors (Lipinski definition) is 4. The number of carbonyl (C=O) groups is 1. The topological polar surface area (TPSA) is 70.7 Å². The minimum absolute atomic E-state index is 0.0184. The molecular formula is C12H14ClF3N4O2. The van der Waals surface area contributed by atoms with Gasteiger partial charge in [-0.3, -0.25) is 9.48 Å². The molecule has 1 aromatic heterocycles. The summed E-state index contributed by atoms with van der Waals surface area (Å²) in [6, 6.07) is 0. The standard InChI is InChI=1S/C12H14ClF3N4O2/c1-7(5-19-6-9(13)4-17-19)10(21)20-11(22,12(14,15)16)3-8(2)18-20/h4,6-7,22H,3,5H2,1-2H3/t7-,11+/m0/s1. The first-order valence-electron chi connectivity index (χ1n) is 6.40. The third-order valence-electron chi connectivity index (χ3n) is 3.27. The lowest BCUT2D eigenvalue weighted by atomic mass is 10.1. The first-order valence-corrected chi connectivity index (χ1v) is 6.77. The van der Waals surface area contributed by atoms with Crippen LogP contribution in [0, 0.1) is 5.92 Å². The SMILES string of the molecule is CC1=NN(C(=O)[C@@H](C)Cn2cc(Cl)cn2)[C@](O)(C(F)(F)F)C1. The number of carbonyl (C=O) groups excluding carboxylic acids is 1. The Morgan fingerprint density at radius 3 is 2.73 bits per heavy atom. The zero-order chi connectivity index (χ0) is 16.7. The van der Waals surface area contributed by atoms with Gasteiger partial charge in [-0.05, 0) is 6.92 Å². The molecule has 1 aromatic rings. The fraction of sp³-hybridized carbons (Fsp3) is 0.583. The van der Waals surface area contributed by atoms with Crippen LogP contribution in [0.25, 0.3) is 0 Å². The van der Waals surface area contributed by atoms with Crippen molar-refractivity contribution in [2.75, 3.05) is 0 Å². The van der Waals surface area contributed by atoms with Gasteiger partial charge in [0.2, 0.25) is 5.91 Å². The fourth-order valence-electron chi connectivity index (χ4n) is 2.18. The van der Waals surface area contributed by atoms with Crippen LogP contribution in [0.5, 0.6) is 0 Å². The van der Waals surface area contributed by atoms with Gasteiger partial charge in [-0.1, -0.05) is 18.5 Å². The van der Waals surface area contributed by atoms with Crippen molar-refractivity contribution in [3.63, 3.8) is 0 Å². The summed E-state index contributed by atoms with van der Waals surface area (Å²) >= 11 is 5.69. The van der Waals surface area contributed by atoms with Crippen molar-refractivity contribution >= 4 is 23.2 Å². The van der Waals surface area contributed by atoms with E-state index in [0.717, 1.165) is 0 Å². The molecule has 1 N–H and O–H groups in total. The molecule has 1 amide bonds. The number of halogens is 4. The van der Waals surface area contributed by atoms with Crippen molar-refractivity contribution < 1.29 is 23.1 Å². The molecule has 2 heterocycles. The number of hydrazone groups is 1. The second-order valence-corrected chi connectivity index (χ2v) is 5.69. The van der Waals surface area contributed by atoms with E-state index in [1.165, 1.54) is 30.9 Å². The zero-order valence-electron chi connectivity index (χ0n) is 11.8. The predicted octanol–water partition coefficient (Wildman–Crippen LogP) is 2.03. The fourth-order valence-corrected chi connectivity index (χ4v) is 2.33.